The molecule has 1 aliphatic rings. The molecule has 0 aliphatic heterocycles. The van der Waals surface area contributed by atoms with Crippen LogP contribution in [0.15, 0.2) is 0 Å². The molecule has 0 unspecified atom stereocenters. The number of aliphatic hydroxyl groups is 1. The molecule has 1 fully saturated rings. The summed E-state index contributed by atoms with van der Waals surface area (Å²) in [6.07, 6.45) is -2.60. The number of alkyl halides is 3. The Morgan fingerprint density at radius 3 is 2.65 bits per heavy atom. The average Bonchev–Trinajstić information content (AvgIpc) is 2.26. The van der Waals surface area contributed by atoms with Crippen LogP contribution in [0.1, 0.15) is 38.5 Å². The molecule has 2 N–H and O–H groups in total. The molecule has 0 spiro atoms. The summed E-state index contributed by atoms with van der Waals surface area (Å²) >= 11 is 0. The van der Waals surface area contributed by atoms with Crippen LogP contribution in [0.5, 0.6) is 0 Å². The van der Waals surface area contributed by atoms with Gasteiger partial charge in [-0.3, -0.25) is 4.79 Å². The molecule has 1 amide bonds. The highest BCUT2D eigenvalue weighted by Crippen LogP contribution is 2.24. The van der Waals surface area contributed by atoms with Crippen molar-refractivity contribution in [1.82, 2.24) is 5.32 Å². The van der Waals surface area contributed by atoms with Gasteiger partial charge in [-0.05, 0) is 25.2 Å². The van der Waals surface area contributed by atoms with Gasteiger partial charge in [0.1, 0.15) is 0 Å². The van der Waals surface area contributed by atoms with Crippen LogP contribution in [0.2, 0.25) is 0 Å². The van der Waals surface area contributed by atoms with Crippen LogP contribution in [0, 0.1) is 5.92 Å². The molecule has 17 heavy (non-hydrogen) atoms. The summed E-state index contributed by atoms with van der Waals surface area (Å²) in [5.74, 6) is -0.386. The number of carbonyl (C=O) groups is 1. The van der Waals surface area contributed by atoms with Crippen molar-refractivity contribution in [3.63, 3.8) is 0 Å². The van der Waals surface area contributed by atoms with Crippen LogP contribution < -0.4 is 5.32 Å². The number of halogens is 3. The van der Waals surface area contributed by atoms with E-state index in [2.05, 4.69) is 5.32 Å². The lowest BCUT2D eigenvalue weighted by Gasteiger charge is -2.28. The highest BCUT2D eigenvalue weighted by atomic mass is 19.4. The Kier molecular flexibility index (Phi) is 5.24. The first-order chi connectivity index (χ1) is 7.90. The van der Waals surface area contributed by atoms with Crippen molar-refractivity contribution in [2.75, 3.05) is 6.61 Å². The highest BCUT2D eigenvalue weighted by molar-refractivity contribution is 5.76. The summed E-state index contributed by atoms with van der Waals surface area (Å²) in [5.41, 5.74) is 0. The van der Waals surface area contributed by atoms with E-state index in [-0.39, 0.29) is 18.6 Å². The molecule has 2 atom stereocenters. The van der Waals surface area contributed by atoms with Gasteiger partial charge in [-0.25, -0.2) is 0 Å². The third-order valence-electron chi connectivity index (χ3n) is 3.04. The van der Waals surface area contributed by atoms with Crippen molar-refractivity contribution in [3.8, 4) is 0 Å². The van der Waals surface area contributed by atoms with Crippen molar-refractivity contribution in [3.05, 3.63) is 0 Å². The maximum atomic E-state index is 11.9. The zero-order valence-corrected chi connectivity index (χ0v) is 9.59. The highest BCUT2D eigenvalue weighted by Gasteiger charge is 2.29. The van der Waals surface area contributed by atoms with Crippen molar-refractivity contribution in [1.29, 1.82) is 0 Å². The van der Waals surface area contributed by atoms with Gasteiger partial charge in [0.15, 0.2) is 0 Å². The van der Waals surface area contributed by atoms with Crippen molar-refractivity contribution in [2.24, 2.45) is 5.92 Å². The maximum Gasteiger partial charge on any atom is 0.389 e. The molecule has 1 saturated carbocycles. The van der Waals surface area contributed by atoms with Gasteiger partial charge in [0.05, 0.1) is 6.42 Å². The Bertz CT molecular complexity index is 256. The van der Waals surface area contributed by atoms with Gasteiger partial charge in [-0.15, -0.1) is 0 Å². The number of nitrogens with one attached hydrogen (secondary N) is 1. The van der Waals surface area contributed by atoms with Crippen molar-refractivity contribution in [2.45, 2.75) is 50.7 Å². The van der Waals surface area contributed by atoms with E-state index in [1.807, 2.05) is 0 Å². The van der Waals surface area contributed by atoms with Gasteiger partial charge < -0.3 is 10.4 Å². The predicted octanol–water partition coefficient (Wildman–Crippen LogP) is 2.00. The van der Waals surface area contributed by atoms with E-state index in [4.69, 9.17) is 5.11 Å². The van der Waals surface area contributed by atoms with Crippen molar-refractivity contribution >= 4 is 5.91 Å². The molecule has 0 aromatic rings. The van der Waals surface area contributed by atoms with Gasteiger partial charge in [0.2, 0.25) is 5.91 Å². The molecule has 0 saturated heterocycles. The van der Waals surface area contributed by atoms with Gasteiger partial charge >= 0.3 is 6.18 Å². The predicted molar refractivity (Wildman–Crippen MR) is 56.3 cm³/mol. The van der Waals surface area contributed by atoms with Crippen LogP contribution in [0.3, 0.4) is 0 Å². The molecule has 0 aromatic heterocycles. The second kappa shape index (κ2) is 6.23. The molecule has 0 aromatic carbocycles. The zero-order valence-electron chi connectivity index (χ0n) is 9.59. The lowest BCUT2D eigenvalue weighted by atomic mass is 9.86. The minimum Gasteiger partial charge on any atom is -0.396 e. The quantitative estimate of drug-likeness (QED) is 0.805. The van der Waals surface area contributed by atoms with Crippen LogP contribution in [-0.2, 0) is 4.79 Å². The Labute approximate surface area is 98.4 Å². The standard InChI is InChI=1S/C11H18F3NO2/c12-11(13,14)5-4-10(17)15-9-3-1-2-8(6-9)7-16/h8-9,16H,1-7H2,(H,15,17)/t8-,9+/m1/s1. The maximum absolute atomic E-state index is 11.9. The fraction of sp³-hybridized carbons (Fsp3) is 0.909. The molecule has 0 bridgehead atoms. The monoisotopic (exact) mass is 253 g/mol. The fourth-order valence-corrected chi connectivity index (χ4v) is 2.14. The molecule has 1 rings (SSSR count). The molecule has 0 radical (unpaired) electrons. The molecule has 6 heteroatoms. The summed E-state index contributed by atoms with van der Waals surface area (Å²) in [6.45, 7) is 0.0783. The zero-order chi connectivity index (χ0) is 12.9. The van der Waals surface area contributed by atoms with E-state index < -0.39 is 24.9 Å². The normalized spacial score (nSPS) is 25.6. The van der Waals surface area contributed by atoms with E-state index in [9.17, 15) is 18.0 Å². The van der Waals surface area contributed by atoms with Crippen LogP contribution in [0.25, 0.3) is 0 Å². The van der Waals surface area contributed by atoms with E-state index in [1.54, 1.807) is 0 Å². The number of carbonyl (C=O) groups excluding carboxylic acids is 1. The molecule has 1 aliphatic carbocycles. The van der Waals surface area contributed by atoms with Gasteiger partial charge in [-0.1, -0.05) is 6.42 Å². The lowest BCUT2D eigenvalue weighted by Crippen LogP contribution is -2.39. The summed E-state index contributed by atoms with van der Waals surface area (Å²) in [4.78, 5) is 11.3. The topological polar surface area (TPSA) is 49.3 Å². The van der Waals surface area contributed by atoms with Crippen molar-refractivity contribution < 1.29 is 23.1 Å². The van der Waals surface area contributed by atoms with E-state index in [0.717, 1.165) is 19.3 Å². The number of hydrogen-bond donors (Lipinski definition) is 2. The van der Waals surface area contributed by atoms with Gasteiger partial charge in [0, 0.05) is 19.1 Å². The van der Waals surface area contributed by atoms with Gasteiger partial charge in [0.25, 0.3) is 0 Å². The van der Waals surface area contributed by atoms with E-state index in [1.165, 1.54) is 0 Å². The second-order valence-corrected chi connectivity index (χ2v) is 4.59. The summed E-state index contributed by atoms with van der Waals surface area (Å²) in [6, 6.07) is -0.0818. The summed E-state index contributed by atoms with van der Waals surface area (Å²) < 4.78 is 35.7. The first-order valence-corrected chi connectivity index (χ1v) is 5.87. The molecule has 100 valence electrons. The Morgan fingerprint density at radius 1 is 1.35 bits per heavy atom. The second-order valence-electron chi connectivity index (χ2n) is 4.59. The largest absolute Gasteiger partial charge is 0.396 e. The number of hydrogen-bond acceptors (Lipinski definition) is 2. The first kappa shape index (κ1) is 14.3. The number of rotatable bonds is 4. The molecular weight excluding hydrogens is 235 g/mol. The van der Waals surface area contributed by atoms with Gasteiger partial charge in [-0.2, -0.15) is 13.2 Å². The third kappa shape index (κ3) is 5.91. The van der Waals surface area contributed by atoms with E-state index >= 15 is 0 Å². The first-order valence-electron chi connectivity index (χ1n) is 5.87. The number of amides is 1. The molecule has 0 heterocycles. The average molecular weight is 253 g/mol. The minimum atomic E-state index is -4.28. The third-order valence-corrected chi connectivity index (χ3v) is 3.04. The smallest absolute Gasteiger partial charge is 0.389 e. The van der Waals surface area contributed by atoms with Crippen LogP contribution >= 0.6 is 0 Å². The SMILES string of the molecule is O=C(CCC(F)(F)F)N[C@H]1CCC[C@@H](CO)C1. The lowest BCUT2D eigenvalue weighted by molar-refractivity contribution is -0.144. The van der Waals surface area contributed by atoms with Crippen LogP contribution in [-0.4, -0.2) is 29.8 Å². The fourth-order valence-electron chi connectivity index (χ4n) is 2.14. The summed E-state index contributed by atoms with van der Waals surface area (Å²) in [5, 5.41) is 11.6. The minimum absolute atomic E-state index is 0.0783. The molecule has 3 nitrogen and oxygen atoms in total. The Morgan fingerprint density at radius 2 is 2.06 bits per heavy atom. The summed E-state index contributed by atoms with van der Waals surface area (Å²) in [7, 11) is 0. The van der Waals surface area contributed by atoms with E-state index in [0.29, 0.717) is 6.42 Å². The number of aliphatic hydroxyl groups excluding tert-OH is 1. The molecular formula is C11H18F3NO2. The Balaban J connectivity index is 2.26. The van der Waals surface area contributed by atoms with Crippen LogP contribution in [0.4, 0.5) is 13.2 Å². The Hall–Kier alpha value is -0.780.